The predicted octanol–water partition coefficient (Wildman–Crippen LogP) is 1.53. The standard InChI is InChI=1S/C17H18N4O4/c18-12-4-6-14-11(8-12)2-1-3-15(14)19-16(22)10-20-9-13(21(24)25)5-7-17(20)23/h4-9,15H,1-3,10,18H2,(H,19,22). The van der Waals surface area contributed by atoms with Crippen molar-refractivity contribution >= 4 is 17.3 Å². The number of nitrogen functional groups attached to an aromatic ring is 1. The van der Waals surface area contributed by atoms with Crippen molar-refractivity contribution in [1.82, 2.24) is 9.88 Å². The first-order chi connectivity index (χ1) is 11.9. The number of nitrogens with one attached hydrogen (secondary N) is 1. The fourth-order valence-corrected chi connectivity index (χ4v) is 3.13. The number of nitrogens with two attached hydrogens (primary N) is 1. The van der Waals surface area contributed by atoms with Gasteiger partial charge in [-0.25, -0.2) is 0 Å². The number of hydrogen-bond donors (Lipinski definition) is 2. The van der Waals surface area contributed by atoms with Gasteiger partial charge in [0.05, 0.1) is 17.2 Å². The molecular formula is C17H18N4O4. The molecule has 1 unspecified atom stereocenters. The van der Waals surface area contributed by atoms with Crippen LogP contribution in [0.2, 0.25) is 0 Å². The van der Waals surface area contributed by atoms with Crippen LogP contribution in [0.25, 0.3) is 0 Å². The summed E-state index contributed by atoms with van der Waals surface area (Å²) in [7, 11) is 0. The molecule has 3 rings (SSSR count). The van der Waals surface area contributed by atoms with Gasteiger partial charge >= 0.3 is 0 Å². The highest BCUT2D eigenvalue weighted by Crippen LogP contribution is 2.30. The molecule has 0 spiro atoms. The lowest BCUT2D eigenvalue weighted by Crippen LogP contribution is -2.35. The summed E-state index contributed by atoms with van der Waals surface area (Å²) >= 11 is 0. The van der Waals surface area contributed by atoms with E-state index in [2.05, 4.69) is 5.32 Å². The number of aromatic nitrogens is 1. The number of fused-ring (bicyclic) bond motifs is 1. The SMILES string of the molecule is Nc1ccc2c(c1)CCCC2NC(=O)Cn1cc([N+](=O)[O-])ccc1=O. The first kappa shape index (κ1) is 16.7. The van der Waals surface area contributed by atoms with E-state index in [1.54, 1.807) is 6.07 Å². The molecule has 1 heterocycles. The molecule has 1 atom stereocenters. The molecule has 0 saturated carbocycles. The topological polar surface area (TPSA) is 120 Å². The molecule has 0 radical (unpaired) electrons. The van der Waals surface area contributed by atoms with E-state index in [0.29, 0.717) is 5.69 Å². The first-order valence-corrected chi connectivity index (χ1v) is 7.96. The van der Waals surface area contributed by atoms with Crippen LogP contribution in [-0.4, -0.2) is 15.4 Å². The summed E-state index contributed by atoms with van der Waals surface area (Å²) in [4.78, 5) is 34.3. The summed E-state index contributed by atoms with van der Waals surface area (Å²) < 4.78 is 1.04. The third kappa shape index (κ3) is 3.68. The number of aryl methyl sites for hydroxylation is 1. The first-order valence-electron chi connectivity index (χ1n) is 7.96. The van der Waals surface area contributed by atoms with Crippen molar-refractivity contribution in [2.45, 2.75) is 31.8 Å². The van der Waals surface area contributed by atoms with Gasteiger partial charge in [-0.2, -0.15) is 0 Å². The Morgan fingerprint density at radius 1 is 1.36 bits per heavy atom. The molecule has 1 aromatic heterocycles. The van der Waals surface area contributed by atoms with Crippen molar-refractivity contribution in [1.29, 1.82) is 0 Å². The monoisotopic (exact) mass is 342 g/mol. The largest absolute Gasteiger partial charge is 0.399 e. The van der Waals surface area contributed by atoms with Gasteiger partial charge < -0.3 is 11.1 Å². The lowest BCUT2D eigenvalue weighted by Gasteiger charge is -2.26. The Morgan fingerprint density at radius 2 is 2.16 bits per heavy atom. The van der Waals surface area contributed by atoms with E-state index in [1.807, 2.05) is 12.1 Å². The van der Waals surface area contributed by atoms with Crippen molar-refractivity contribution in [3.05, 3.63) is 68.1 Å². The molecule has 0 saturated heterocycles. The molecular weight excluding hydrogens is 324 g/mol. The van der Waals surface area contributed by atoms with Gasteiger partial charge in [0, 0.05) is 17.8 Å². The van der Waals surface area contributed by atoms with Crippen LogP contribution in [0.1, 0.15) is 30.0 Å². The molecule has 130 valence electrons. The van der Waals surface area contributed by atoms with Crippen molar-refractivity contribution in [3.8, 4) is 0 Å². The third-order valence-electron chi connectivity index (χ3n) is 4.31. The highest BCUT2D eigenvalue weighted by Gasteiger charge is 2.22. The van der Waals surface area contributed by atoms with Crippen LogP contribution in [-0.2, 0) is 17.8 Å². The lowest BCUT2D eigenvalue weighted by atomic mass is 9.87. The molecule has 0 bridgehead atoms. The molecule has 8 nitrogen and oxygen atoms in total. The summed E-state index contributed by atoms with van der Waals surface area (Å²) in [5.41, 5.74) is 7.95. The maximum atomic E-state index is 12.3. The van der Waals surface area contributed by atoms with E-state index in [1.165, 1.54) is 0 Å². The molecule has 0 fully saturated rings. The van der Waals surface area contributed by atoms with Gasteiger partial charge in [0.25, 0.3) is 11.2 Å². The number of hydrogen-bond acceptors (Lipinski definition) is 5. The molecule has 25 heavy (non-hydrogen) atoms. The van der Waals surface area contributed by atoms with Crippen LogP contribution >= 0.6 is 0 Å². The summed E-state index contributed by atoms with van der Waals surface area (Å²) in [6, 6.07) is 7.69. The predicted molar refractivity (Wildman–Crippen MR) is 92.0 cm³/mol. The van der Waals surface area contributed by atoms with Gasteiger partial charge in [-0.3, -0.25) is 24.3 Å². The normalized spacial score (nSPS) is 16.1. The fraction of sp³-hybridized carbons (Fsp3) is 0.294. The van der Waals surface area contributed by atoms with Gasteiger partial charge in [0.2, 0.25) is 5.91 Å². The van der Waals surface area contributed by atoms with E-state index in [-0.39, 0.29) is 24.2 Å². The quantitative estimate of drug-likeness (QED) is 0.496. The van der Waals surface area contributed by atoms with Crippen molar-refractivity contribution in [3.63, 3.8) is 0 Å². The van der Waals surface area contributed by atoms with E-state index >= 15 is 0 Å². The van der Waals surface area contributed by atoms with Gasteiger partial charge in [0.15, 0.2) is 0 Å². The Morgan fingerprint density at radius 3 is 2.92 bits per heavy atom. The number of rotatable bonds is 4. The Bertz CT molecular complexity index is 890. The van der Waals surface area contributed by atoms with Crippen LogP contribution in [0, 0.1) is 10.1 Å². The van der Waals surface area contributed by atoms with Gasteiger partial charge in [-0.15, -0.1) is 0 Å². The van der Waals surface area contributed by atoms with E-state index in [9.17, 15) is 19.7 Å². The maximum absolute atomic E-state index is 12.3. The second kappa shape index (κ2) is 6.76. The minimum Gasteiger partial charge on any atom is -0.399 e. The second-order valence-electron chi connectivity index (χ2n) is 6.08. The van der Waals surface area contributed by atoms with Gasteiger partial charge in [0.1, 0.15) is 6.54 Å². The summed E-state index contributed by atoms with van der Waals surface area (Å²) in [5, 5.41) is 13.7. The molecule has 1 aliphatic carbocycles. The van der Waals surface area contributed by atoms with Crippen LogP contribution < -0.4 is 16.6 Å². The third-order valence-corrected chi connectivity index (χ3v) is 4.31. The highest BCUT2D eigenvalue weighted by molar-refractivity contribution is 5.76. The average Bonchev–Trinajstić information content (AvgIpc) is 2.56. The Hall–Kier alpha value is -3.16. The Balaban J connectivity index is 1.75. The number of nitro groups is 1. The van der Waals surface area contributed by atoms with E-state index < -0.39 is 10.5 Å². The molecule has 0 aliphatic heterocycles. The van der Waals surface area contributed by atoms with Crippen molar-refractivity contribution < 1.29 is 9.72 Å². The number of anilines is 1. The zero-order chi connectivity index (χ0) is 18.0. The lowest BCUT2D eigenvalue weighted by molar-refractivity contribution is -0.385. The van der Waals surface area contributed by atoms with E-state index in [4.69, 9.17) is 5.73 Å². The molecule has 1 aromatic carbocycles. The van der Waals surface area contributed by atoms with Gasteiger partial charge in [-0.05, 0) is 42.5 Å². The van der Waals surface area contributed by atoms with Crippen LogP contribution in [0.4, 0.5) is 11.4 Å². The van der Waals surface area contributed by atoms with Crippen molar-refractivity contribution in [2.24, 2.45) is 0 Å². The minimum absolute atomic E-state index is 0.147. The number of carbonyl (C=O) groups is 1. The maximum Gasteiger partial charge on any atom is 0.285 e. The van der Waals surface area contributed by atoms with E-state index in [0.717, 1.165) is 53.3 Å². The zero-order valence-electron chi connectivity index (χ0n) is 13.5. The zero-order valence-corrected chi connectivity index (χ0v) is 13.5. The molecule has 1 aliphatic rings. The smallest absolute Gasteiger partial charge is 0.285 e. The van der Waals surface area contributed by atoms with Crippen LogP contribution in [0.3, 0.4) is 0 Å². The number of benzene rings is 1. The molecule has 2 aromatic rings. The second-order valence-corrected chi connectivity index (χ2v) is 6.08. The number of carbonyl (C=O) groups excluding carboxylic acids is 1. The van der Waals surface area contributed by atoms with Crippen LogP contribution in [0.5, 0.6) is 0 Å². The van der Waals surface area contributed by atoms with Crippen molar-refractivity contribution in [2.75, 3.05) is 5.73 Å². The van der Waals surface area contributed by atoms with Crippen LogP contribution in [0.15, 0.2) is 41.3 Å². The fourth-order valence-electron chi connectivity index (χ4n) is 3.13. The number of amides is 1. The Kier molecular flexibility index (Phi) is 4.51. The Labute approximate surface area is 143 Å². The molecule has 3 N–H and O–H groups in total. The summed E-state index contributed by atoms with van der Waals surface area (Å²) in [6.45, 7) is -0.263. The molecule has 1 amide bonds. The summed E-state index contributed by atoms with van der Waals surface area (Å²) in [6.07, 6.45) is 3.72. The average molecular weight is 342 g/mol. The minimum atomic E-state index is -0.602. The number of pyridine rings is 1. The highest BCUT2D eigenvalue weighted by atomic mass is 16.6. The molecule has 8 heteroatoms. The number of nitrogens with zero attached hydrogens (tertiary/aromatic N) is 2. The van der Waals surface area contributed by atoms with Gasteiger partial charge in [-0.1, -0.05) is 6.07 Å². The summed E-state index contributed by atoms with van der Waals surface area (Å²) in [5.74, 6) is -0.364.